The third-order valence-electron chi connectivity index (χ3n) is 4.28. The lowest BCUT2D eigenvalue weighted by atomic mass is 10.2. The van der Waals surface area contributed by atoms with Crippen molar-refractivity contribution in [3.63, 3.8) is 0 Å². The minimum atomic E-state index is -0.153. The van der Waals surface area contributed by atoms with Gasteiger partial charge in [0.2, 0.25) is 5.95 Å². The molecule has 0 saturated carbocycles. The Balaban J connectivity index is 1.73. The molecule has 0 aliphatic carbocycles. The van der Waals surface area contributed by atoms with Gasteiger partial charge in [-0.1, -0.05) is 0 Å². The van der Waals surface area contributed by atoms with E-state index in [2.05, 4.69) is 19.9 Å². The number of rotatable bonds is 3. The second-order valence-corrected chi connectivity index (χ2v) is 5.82. The van der Waals surface area contributed by atoms with Gasteiger partial charge in [-0.05, 0) is 12.8 Å². The first-order chi connectivity index (χ1) is 11.3. The van der Waals surface area contributed by atoms with Gasteiger partial charge in [0, 0.05) is 19.7 Å². The van der Waals surface area contributed by atoms with Crippen molar-refractivity contribution >= 4 is 17.1 Å². The molecule has 0 spiro atoms. The molecule has 8 nitrogen and oxygen atoms in total. The van der Waals surface area contributed by atoms with E-state index in [0.717, 1.165) is 32.5 Å². The maximum absolute atomic E-state index is 12.3. The standard InChI is InChI=1S/C15H19N5O3/c21-13-9-16-12-8-17-15(19-3-6-22-7-4-19)18-14(12)20(13)10-11-2-1-5-23-11/h8-9,11H,1-7,10H2/t11-/m1/s1. The van der Waals surface area contributed by atoms with Gasteiger partial charge in [-0.2, -0.15) is 4.98 Å². The fourth-order valence-corrected chi connectivity index (χ4v) is 3.03. The number of hydrogen-bond donors (Lipinski definition) is 0. The largest absolute Gasteiger partial charge is 0.378 e. The van der Waals surface area contributed by atoms with Crippen molar-refractivity contribution in [3.05, 3.63) is 22.7 Å². The van der Waals surface area contributed by atoms with Crippen LogP contribution in [-0.2, 0) is 16.0 Å². The molecule has 2 saturated heterocycles. The van der Waals surface area contributed by atoms with Crippen LogP contribution in [0.1, 0.15) is 12.8 Å². The molecule has 23 heavy (non-hydrogen) atoms. The molecule has 0 amide bonds. The van der Waals surface area contributed by atoms with Crippen LogP contribution >= 0.6 is 0 Å². The van der Waals surface area contributed by atoms with Gasteiger partial charge >= 0.3 is 0 Å². The third-order valence-corrected chi connectivity index (χ3v) is 4.28. The molecule has 2 aliphatic rings. The quantitative estimate of drug-likeness (QED) is 0.800. The van der Waals surface area contributed by atoms with Gasteiger partial charge in [-0.15, -0.1) is 0 Å². The molecule has 2 aliphatic heterocycles. The lowest BCUT2D eigenvalue weighted by Gasteiger charge is -2.26. The molecule has 2 aromatic rings. The first-order valence-electron chi connectivity index (χ1n) is 7.98. The molecule has 2 fully saturated rings. The second kappa shape index (κ2) is 6.21. The van der Waals surface area contributed by atoms with Crippen molar-refractivity contribution in [2.24, 2.45) is 0 Å². The maximum Gasteiger partial charge on any atom is 0.270 e. The monoisotopic (exact) mass is 317 g/mol. The van der Waals surface area contributed by atoms with Crippen LogP contribution in [0, 0.1) is 0 Å². The number of ether oxygens (including phenoxy) is 2. The summed E-state index contributed by atoms with van der Waals surface area (Å²) in [5.74, 6) is 0.620. The van der Waals surface area contributed by atoms with Crippen LogP contribution in [0.15, 0.2) is 17.2 Å². The van der Waals surface area contributed by atoms with Crippen molar-refractivity contribution in [2.75, 3.05) is 37.8 Å². The Morgan fingerprint density at radius 3 is 2.83 bits per heavy atom. The SMILES string of the molecule is O=c1cnc2cnc(N3CCOCC3)nc2n1C[C@H]1CCCO1. The Bertz CT molecular complexity index is 750. The van der Waals surface area contributed by atoms with Gasteiger partial charge < -0.3 is 14.4 Å². The zero-order valence-electron chi connectivity index (χ0n) is 12.8. The van der Waals surface area contributed by atoms with Crippen LogP contribution in [0.4, 0.5) is 5.95 Å². The number of hydrogen-bond acceptors (Lipinski definition) is 7. The summed E-state index contributed by atoms with van der Waals surface area (Å²) < 4.78 is 12.7. The van der Waals surface area contributed by atoms with Gasteiger partial charge in [0.05, 0.1) is 38.3 Å². The Hall–Kier alpha value is -2.06. The molecule has 2 aromatic heterocycles. The molecule has 8 heteroatoms. The van der Waals surface area contributed by atoms with E-state index in [1.54, 1.807) is 10.8 Å². The normalized spacial score (nSPS) is 21.9. The van der Waals surface area contributed by atoms with E-state index < -0.39 is 0 Å². The lowest BCUT2D eigenvalue weighted by Crippen LogP contribution is -2.37. The van der Waals surface area contributed by atoms with E-state index in [-0.39, 0.29) is 11.7 Å². The van der Waals surface area contributed by atoms with E-state index in [9.17, 15) is 4.79 Å². The highest BCUT2D eigenvalue weighted by Gasteiger charge is 2.20. The molecule has 0 unspecified atom stereocenters. The average Bonchev–Trinajstić information content (AvgIpc) is 3.11. The fraction of sp³-hybridized carbons (Fsp3) is 0.600. The van der Waals surface area contributed by atoms with Gasteiger partial charge in [0.15, 0.2) is 5.65 Å². The molecule has 0 bridgehead atoms. The van der Waals surface area contributed by atoms with Gasteiger partial charge in [0.1, 0.15) is 5.52 Å². The van der Waals surface area contributed by atoms with Crippen molar-refractivity contribution in [1.82, 2.24) is 19.5 Å². The highest BCUT2D eigenvalue weighted by Crippen LogP contribution is 2.17. The number of fused-ring (bicyclic) bond motifs is 1. The van der Waals surface area contributed by atoms with Crippen LogP contribution < -0.4 is 10.5 Å². The Morgan fingerprint density at radius 2 is 2.04 bits per heavy atom. The Morgan fingerprint density at radius 1 is 1.17 bits per heavy atom. The minimum absolute atomic E-state index is 0.0695. The molecule has 122 valence electrons. The number of aromatic nitrogens is 4. The van der Waals surface area contributed by atoms with Crippen molar-refractivity contribution in [3.8, 4) is 0 Å². The Labute approximate surface area is 133 Å². The molecule has 1 atom stereocenters. The molecular formula is C15H19N5O3. The average molecular weight is 317 g/mol. The second-order valence-electron chi connectivity index (χ2n) is 5.82. The highest BCUT2D eigenvalue weighted by atomic mass is 16.5. The predicted molar refractivity (Wildman–Crippen MR) is 83.6 cm³/mol. The van der Waals surface area contributed by atoms with Gasteiger partial charge in [-0.3, -0.25) is 9.36 Å². The van der Waals surface area contributed by atoms with E-state index in [4.69, 9.17) is 9.47 Å². The van der Waals surface area contributed by atoms with Crippen LogP contribution in [0.25, 0.3) is 11.2 Å². The summed E-state index contributed by atoms with van der Waals surface area (Å²) in [6.45, 7) is 4.10. The van der Waals surface area contributed by atoms with Crippen LogP contribution in [0.5, 0.6) is 0 Å². The summed E-state index contributed by atoms with van der Waals surface area (Å²) in [7, 11) is 0. The number of morpholine rings is 1. The summed E-state index contributed by atoms with van der Waals surface area (Å²) in [5.41, 5.74) is 1.05. The van der Waals surface area contributed by atoms with E-state index in [1.165, 1.54) is 6.20 Å². The lowest BCUT2D eigenvalue weighted by molar-refractivity contribution is 0.0970. The minimum Gasteiger partial charge on any atom is -0.378 e. The molecule has 0 radical (unpaired) electrons. The zero-order valence-corrected chi connectivity index (χ0v) is 12.8. The van der Waals surface area contributed by atoms with Crippen molar-refractivity contribution < 1.29 is 9.47 Å². The van der Waals surface area contributed by atoms with Crippen molar-refractivity contribution in [1.29, 1.82) is 0 Å². The van der Waals surface area contributed by atoms with Crippen LogP contribution in [0.2, 0.25) is 0 Å². The molecule has 4 heterocycles. The van der Waals surface area contributed by atoms with E-state index in [1.807, 2.05) is 0 Å². The summed E-state index contributed by atoms with van der Waals surface area (Å²) >= 11 is 0. The summed E-state index contributed by atoms with van der Waals surface area (Å²) in [6.07, 6.45) is 5.09. The summed E-state index contributed by atoms with van der Waals surface area (Å²) in [4.78, 5) is 27.5. The third kappa shape index (κ3) is 2.91. The summed E-state index contributed by atoms with van der Waals surface area (Å²) in [6, 6.07) is 0. The Kier molecular flexibility index (Phi) is 3.92. The van der Waals surface area contributed by atoms with Crippen LogP contribution in [-0.4, -0.2) is 58.5 Å². The zero-order chi connectivity index (χ0) is 15.6. The topological polar surface area (TPSA) is 82.4 Å². The molecule has 4 rings (SSSR count). The van der Waals surface area contributed by atoms with Gasteiger partial charge in [0.25, 0.3) is 5.56 Å². The predicted octanol–water partition coefficient (Wildman–Crippen LogP) is 0.202. The first-order valence-corrected chi connectivity index (χ1v) is 7.98. The number of anilines is 1. The maximum atomic E-state index is 12.3. The highest BCUT2D eigenvalue weighted by molar-refractivity contribution is 5.70. The van der Waals surface area contributed by atoms with Crippen molar-refractivity contribution in [2.45, 2.75) is 25.5 Å². The van der Waals surface area contributed by atoms with E-state index in [0.29, 0.717) is 36.9 Å². The number of nitrogens with zero attached hydrogens (tertiary/aromatic N) is 5. The summed E-state index contributed by atoms with van der Waals surface area (Å²) in [5, 5.41) is 0. The van der Waals surface area contributed by atoms with Gasteiger partial charge in [-0.25, -0.2) is 9.97 Å². The van der Waals surface area contributed by atoms with Crippen LogP contribution in [0.3, 0.4) is 0 Å². The fourth-order valence-electron chi connectivity index (χ4n) is 3.03. The first kappa shape index (κ1) is 14.5. The molecule has 0 aromatic carbocycles. The van der Waals surface area contributed by atoms with E-state index >= 15 is 0 Å². The molecule has 0 N–H and O–H groups in total. The smallest absolute Gasteiger partial charge is 0.270 e. The molecular weight excluding hydrogens is 298 g/mol.